The van der Waals surface area contributed by atoms with Crippen molar-refractivity contribution in [1.82, 2.24) is 0 Å². The fourth-order valence-electron chi connectivity index (χ4n) is 10.1. The molecule has 192 valence electrons. The lowest BCUT2D eigenvalue weighted by molar-refractivity contribution is -0.139. The van der Waals surface area contributed by atoms with E-state index in [-0.39, 0.29) is 47.2 Å². The molecule has 4 rings (SSSR count). The molecule has 0 aliphatic heterocycles. The molecule has 4 fully saturated rings. The minimum absolute atomic E-state index is 0.0103. The molecule has 0 heterocycles. The van der Waals surface area contributed by atoms with Gasteiger partial charge in [0.15, 0.2) is 0 Å². The Morgan fingerprint density at radius 1 is 1.09 bits per heavy atom. The molecular formula is C30H48O4. The molecule has 4 nitrogen and oxygen atoms in total. The summed E-state index contributed by atoms with van der Waals surface area (Å²) >= 11 is 0. The van der Waals surface area contributed by atoms with E-state index in [9.17, 15) is 20.1 Å². The predicted octanol–water partition coefficient (Wildman–Crippen LogP) is 6.37. The van der Waals surface area contributed by atoms with Crippen molar-refractivity contribution in [3.8, 4) is 0 Å². The highest BCUT2D eigenvalue weighted by Crippen LogP contribution is 2.87. The highest BCUT2D eigenvalue weighted by atomic mass is 16.4. The van der Waals surface area contributed by atoms with Crippen LogP contribution in [0.2, 0.25) is 0 Å². The van der Waals surface area contributed by atoms with Gasteiger partial charge >= 0.3 is 5.97 Å². The predicted molar refractivity (Wildman–Crippen MR) is 136 cm³/mol. The summed E-state index contributed by atoms with van der Waals surface area (Å²) in [5, 5.41) is 29.9. The third-order valence-corrected chi connectivity index (χ3v) is 11.9. The van der Waals surface area contributed by atoms with E-state index in [1.807, 2.05) is 0 Å². The van der Waals surface area contributed by atoms with E-state index in [0.29, 0.717) is 17.8 Å². The topological polar surface area (TPSA) is 77.8 Å². The number of aliphatic hydroxyl groups excluding tert-OH is 2. The Labute approximate surface area is 206 Å². The second kappa shape index (κ2) is 9.07. The lowest BCUT2D eigenvalue weighted by Crippen LogP contribution is -2.54. The number of carbonyl (C=O) groups is 1. The molecule has 4 aliphatic carbocycles. The van der Waals surface area contributed by atoms with Crippen molar-refractivity contribution < 1.29 is 20.1 Å². The molecule has 1 spiro atoms. The van der Waals surface area contributed by atoms with Crippen LogP contribution in [0.15, 0.2) is 23.8 Å². The van der Waals surface area contributed by atoms with Crippen LogP contribution in [0, 0.1) is 45.3 Å². The number of allylic oxidation sites excluding steroid dienone is 2. The number of fused-ring (bicyclic) bond motifs is 2. The van der Waals surface area contributed by atoms with Crippen LogP contribution < -0.4 is 0 Å². The van der Waals surface area contributed by atoms with Crippen molar-refractivity contribution in [2.24, 2.45) is 45.3 Å². The minimum Gasteiger partial charge on any atom is -0.481 e. The van der Waals surface area contributed by atoms with Crippen molar-refractivity contribution >= 4 is 5.97 Å². The maximum Gasteiger partial charge on any atom is 0.303 e. The summed E-state index contributed by atoms with van der Waals surface area (Å²) in [4.78, 5) is 11.6. The molecule has 4 aliphatic rings. The van der Waals surface area contributed by atoms with Crippen LogP contribution in [0.3, 0.4) is 0 Å². The van der Waals surface area contributed by atoms with E-state index in [1.54, 1.807) is 0 Å². The molecular weight excluding hydrogens is 424 g/mol. The van der Waals surface area contributed by atoms with Gasteiger partial charge in [0.25, 0.3) is 0 Å². The molecule has 0 saturated heterocycles. The fourth-order valence-corrected chi connectivity index (χ4v) is 10.1. The molecule has 34 heavy (non-hydrogen) atoms. The third kappa shape index (κ3) is 3.65. The molecule has 4 saturated carbocycles. The minimum atomic E-state index is -0.707. The smallest absolute Gasteiger partial charge is 0.303 e. The Balaban J connectivity index is 1.62. The summed E-state index contributed by atoms with van der Waals surface area (Å²) in [6.45, 7) is 13.9. The van der Waals surface area contributed by atoms with Gasteiger partial charge in [-0.15, -0.1) is 0 Å². The summed E-state index contributed by atoms with van der Waals surface area (Å²) in [6.07, 6.45) is 13.4. The Morgan fingerprint density at radius 2 is 1.82 bits per heavy atom. The molecule has 0 aromatic rings. The zero-order valence-electron chi connectivity index (χ0n) is 22.0. The van der Waals surface area contributed by atoms with Crippen LogP contribution in [0.25, 0.3) is 0 Å². The van der Waals surface area contributed by atoms with Gasteiger partial charge in [-0.1, -0.05) is 32.1 Å². The summed E-state index contributed by atoms with van der Waals surface area (Å²) in [6, 6.07) is 0. The molecule has 3 N–H and O–H groups in total. The van der Waals surface area contributed by atoms with Gasteiger partial charge in [0.05, 0.1) is 6.61 Å². The molecule has 0 aromatic carbocycles. The number of aliphatic hydroxyl groups is 2. The molecule has 0 aromatic heterocycles. The number of rotatable bonds is 10. The van der Waals surface area contributed by atoms with E-state index in [4.69, 9.17) is 0 Å². The van der Waals surface area contributed by atoms with Crippen molar-refractivity contribution in [3.05, 3.63) is 23.8 Å². The van der Waals surface area contributed by atoms with Gasteiger partial charge in [-0.05, 0) is 129 Å². The van der Waals surface area contributed by atoms with Crippen LogP contribution in [0.1, 0.15) is 98.3 Å². The summed E-state index contributed by atoms with van der Waals surface area (Å²) in [7, 11) is 0. The molecule has 0 amide bonds. The van der Waals surface area contributed by atoms with Gasteiger partial charge in [-0.3, -0.25) is 4.79 Å². The van der Waals surface area contributed by atoms with Gasteiger partial charge in [0.1, 0.15) is 0 Å². The third-order valence-electron chi connectivity index (χ3n) is 11.9. The first-order chi connectivity index (χ1) is 16.0. The maximum absolute atomic E-state index is 11.6. The van der Waals surface area contributed by atoms with Crippen molar-refractivity contribution in [2.45, 2.75) is 98.3 Å². The fraction of sp³-hybridized carbons (Fsp3) is 0.833. The van der Waals surface area contributed by atoms with Crippen LogP contribution >= 0.6 is 0 Å². The molecule has 4 heteroatoms. The second-order valence-electron chi connectivity index (χ2n) is 13.2. The SMILES string of the molecule is C=C(CO)[C@@H]1CC[C@@H]2[C@]3(CC[C@@]4(C)[C@@H]([C@H](CO)CCC=C(C)C)CC[C@@]24C)C[C@]13CCC(=O)O. The highest BCUT2D eigenvalue weighted by Gasteiger charge is 2.80. The van der Waals surface area contributed by atoms with E-state index >= 15 is 0 Å². The summed E-state index contributed by atoms with van der Waals surface area (Å²) in [5.41, 5.74) is 2.95. The Bertz CT molecular complexity index is 843. The number of carboxylic acid groups (broad SMARTS) is 1. The Morgan fingerprint density at radius 3 is 2.44 bits per heavy atom. The quantitative estimate of drug-likeness (QED) is 0.323. The zero-order valence-corrected chi connectivity index (χ0v) is 22.0. The van der Waals surface area contributed by atoms with E-state index in [1.165, 1.54) is 37.7 Å². The maximum atomic E-state index is 11.6. The number of hydrogen-bond acceptors (Lipinski definition) is 3. The lowest BCUT2D eigenvalue weighted by atomic mass is 9.43. The van der Waals surface area contributed by atoms with Crippen LogP contribution in [-0.4, -0.2) is 34.5 Å². The average molecular weight is 473 g/mol. The summed E-state index contributed by atoms with van der Waals surface area (Å²) in [5.74, 6) is 1.08. The van der Waals surface area contributed by atoms with Gasteiger partial charge in [0, 0.05) is 13.0 Å². The van der Waals surface area contributed by atoms with E-state index in [0.717, 1.165) is 37.7 Å². The first-order valence-electron chi connectivity index (χ1n) is 13.8. The van der Waals surface area contributed by atoms with Crippen LogP contribution in [0.4, 0.5) is 0 Å². The van der Waals surface area contributed by atoms with Crippen LogP contribution in [0.5, 0.6) is 0 Å². The van der Waals surface area contributed by atoms with Crippen molar-refractivity contribution in [2.75, 3.05) is 13.2 Å². The van der Waals surface area contributed by atoms with Gasteiger partial charge < -0.3 is 15.3 Å². The van der Waals surface area contributed by atoms with Crippen molar-refractivity contribution in [3.63, 3.8) is 0 Å². The molecule has 0 unspecified atom stereocenters. The molecule has 0 radical (unpaired) electrons. The lowest BCUT2D eigenvalue weighted by Gasteiger charge is -2.61. The standard InChI is InChI=1S/C30H48O4/c1-20(2)7-6-8-22(18-32)24-11-13-28(5)25-10-9-23(21(3)17-31)29(14-12-26(33)34)19-30(25,29)16-15-27(24,28)4/h7,22-25,31-32H,3,6,8-19H2,1-2,4-5H3,(H,33,34)/t22-,23-,24+,25-,27-,28-,29+,30-/m0/s1. The van der Waals surface area contributed by atoms with E-state index < -0.39 is 5.97 Å². The largest absolute Gasteiger partial charge is 0.481 e. The van der Waals surface area contributed by atoms with Crippen LogP contribution in [-0.2, 0) is 4.79 Å². The van der Waals surface area contributed by atoms with Gasteiger partial charge in [-0.2, -0.15) is 0 Å². The number of carboxylic acids is 1. The Hall–Kier alpha value is -1.13. The molecule has 0 bridgehead atoms. The number of aliphatic carboxylic acids is 1. The number of hydrogen-bond donors (Lipinski definition) is 3. The van der Waals surface area contributed by atoms with Gasteiger partial charge in [-0.25, -0.2) is 0 Å². The monoisotopic (exact) mass is 472 g/mol. The molecule has 8 atom stereocenters. The first-order valence-corrected chi connectivity index (χ1v) is 13.8. The van der Waals surface area contributed by atoms with Crippen molar-refractivity contribution in [1.29, 1.82) is 0 Å². The second-order valence-corrected chi connectivity index (χ2v) is 13.2. The van der Waals surface area contributed by atoms with Gasteiger partial charge in [0.2, 0.25) is 0 Å². The Kier molecular flexibility index (Phi) is 6.92. The highest BCUT2D eigenvalue weighted by molar-refractivity contribution is 5.67. The zero-order chi connectivity index (χ0) is 24.9. The normalized spacial score (nSPS) is 43.3. The first kappa shape index (κ1) is 25.9. The average Bonchev–Trinajstić information content (AvgIpc) is 3.39. The summed E-state index contributed by atoms with van der Waals surface area (Å²) < 4.78 is 0. The van der Waals surface area contributed by atoms with E-state index in [2.05, 4.69) is 40.3 Å².